The molecule has 158 valence electrons. The third-order valence-electron chi connectivity index (χ3n) is 4.81. The summed E-state index contributed by atoms with van der Waals surface area (Å²) >= 11 is 0. The number of carbonyl (C=O) groups excluding carboxylic acids is 1. The number of anilines is 1. The smallest absolute Gasteiger partial charge is 0.225 e. The van der Waals surface area contributed by atoms with Gasteiger partial charge in [-0.3, -0.25) is 4.79 Å². The van der Waals surface area contributed by atoms with Crippen molar-refractivity contribution in [3.05, 3.63) is 29.3 Å². The summed E-state index contributed by atoms with van der Waals surface area (Å²) in [5.74, 6) is 1.10. The maximum Gasteiger partial charge on any atom is 0.225 e. The molecule has 1 aromatic carbocycles. The summed E-state index contributed by atoms with van der Waals surface area (Å²) in [6.45, 7) is 11.1. The first-order chi connectivity index (χ1) is 12.8. The van der Waals surface area contributed by atoms with E-state index in [0.29, 0.717) is 6.54 Å². The number of hydrogen-bond acceptors (Lipinski definition) is 3. The van der Waals surface area contributed by atoms with E-state index in [1.165, 1.54) is 16.8 Å². The number of halogens is 1. The SMILES string of the molecule is CCNC(=NCc1ccc(C)cc1N(C)C)NC1CCN(C(=O)C(C)C)C1.I. The van der Waals surface area contributed by atoms with Gasteiger partial charge in [0.2, 0.25) is 5.91 Å². The third-order valence-corrected chi connectivity index (χ3v) is 4.81. The van der Waals surface area contributed by atoms with Crippen molar-refractivity contribution in [2.24, 2.45) is 10.9 Å². The van der Waals surface area contributed by atoms with Crippen LogP contribution < -0.4 is 15.5 Å². The topological polar surface area (TPSA) is 60.0 Å². The molecular formula is C21H36IN5O. The van der Waals surface area contributed by atoms with Crippen LogP contribution >= 0.6 is 24.0 Å². The Bertz CT molecular complexity index is 675. The largest absolute Gasteiger partial charge is 0.377 e. The summed E-state index contributed by atoms with van der Waals surface area (Å²) in [6, 6.07) is 6.72. The van der Waals surface area contributed by atoms with Gasteiger partial charge in [-0.15, -0.1) is 24.0 Å². The molecule has 1 aromatic rings. The van der Waals surface area contributed by atoms with Gasteiger partial charge in [-0.25, -0.2) is 4.99 Å². The lowest BCUT2D eigenvalue weighted by Gasteiger charge is -2.21. The average molecular weight is 501 g/mol. The van der Waals surface area contributed by atoms with E-state index in [4.69, 9.17) is 4.99 Å². The van der Waals surface area contributed by atoms with E-state index in [1.54, 1.807) is 0 Å². The van der Waals surface area contributed by atoms with Gasteiger partial charge in [0.05, 0.1) is 6.54 Å². The number of aryl methyl sites for hydroxylation is 1. The predicted octanol–water partition coefficient (Wildman–Crippen LogP) is 2.99. The maximum absolute atomic E-state index is 12.2. The van der Waals surface area contributed by atoms with E-state index < -0.39 is 0 Å². The van der Waals surface area contributed by atoms with Gasteiger partial charge in [-0.05, 0) is 37.5 Å². The first-order valence-corrected chi connectivity index (χ1v) is 9.92. The van der Waals surface area contributed by atoms with Crippen molar-refractivity contribution in [2.45, 2.75) is 46.7 Å². The molecule has 0 aromatic heterocycles. The quantitative estimate of drug-likeness (QED) is 0.358. The zero-order valence-electron chi connectivity index (χ0n) is 18.1. The van der Waals surface area contributed by atoms with Crippen LogP contribution in [0.1, 0.15) is 38.3 Å². The van der Waals surface area contributed by atoms with Crippen molar-refractivity contribution >= 4 is 41.5 Å². The molecule has 6 nitrogen and oxygen atoms in total. The molecule has 1 aliphatic heterocycles. The van der Waals surface area contributed by atoms with Gasteiger partial charge in [0.1, 0.15) is 0 Å². The first-order valence-electron chi connectivity index (χ1n) is 9.92. The molecule has 1 atom stereocenters. The van der Waals surface area contributed by atoms with E-state index in [1.807, 2.05) is 18.7 Å². The van der Waals surface area contributed by atoms with Crippen LogP contribution in [-0.4, -0.2) is 56.5 Å². The van der Waals surface area contributed by atoms with Gasteiger partial charge in [0, 0.05) is 51.4 Å². The highest BCUT2D eigenvalue weighted by Crippen LogP contribution is 2.21. The molecule has 0 saturated carbocycles. The Labute approximate surface area is 187 Å². The van der Waals surface area contributed by atoms with Crippen LogP contribution in [0, 0.1) is 12.8 Å². The first kappa shape index (κ1) is 24.5. The second-order valence-corrected chi connectivity index (χ2v) is 7.79. The standard InChI is InChI=1S/C21H35N5O.HI/c1-7-22-21(24-18-10-11-26(14-18)20(27)15(2)3)23-13-17-9-8-16(4)12-19(17)25(5)6;/h8-9,12,15,18H,7,10-11,13-14H2,1-6H3,(H2,22,23,24);1H. The summed E-state index contributed by atoms with van der Waals surface area (Å²) in [5, 5.41) is 6.83. The second kappa shape index (κ2) is 11.5. The van der Waals surface area contributed by atoms with Crippen LogP contribution in [0.5, 0.6) is 0 Å². The average Bonchev–Trinajstić information content (AvgIpc) is 3.08. The van der Waals surface area contributed by atoms with Crippen LogP contribution in [0.25, 0.3) is 0 Å². The van der Waals surface area contributed by atoms with Gasteiger partial charge in [0.15, 0.2) is 5.96 Å². The molecule has 7 heteroatoms. The molecule has 1 aliphatic rings. The van der Waals surface area contributed by atoms with Crippen molar-refractivity contribution in [3.63, 3.8) is 0 Å². The van der Waals surface area contributed by atoms with Gasteiger partial charge >= 0.3 is 0 Å². The van der Waals surface area contributed by atoms with Crippen LogP contribution in [0.4, 0.5) is 5.69 Å². The molecule has 2 N–H and O–H groups in total. The molecule has 1 fully saturated rings. The van der Waals surface area contributed by atoms with Gasteiger partial charge in [-0.1, -0.05) is 26.0 Å². The monoisotopic (exact) mass is 501 g/mol. The summed E-state index contributed by atoms with van der Waals surface area (Å²) < 4.78 is 0. The number of rotatable bonds is 6. The number of guanidine groups is 1. The van der Waals surface area contributed by atoms with Crippen LogP contribution in [0.15, 0.2) is 23.2 Å². The molecule has 0 aliphatic carbocycles. The summed E-state index contributed by atoms with van der Waals surface area (Å²) in [7, 11) is 4.12. The Morgan fingerprint density at radius 1 is 1.36 bits per heavy atom. The van der Waals surface area contributed by atoms with E-state index in [0.717, 1.165) is 32.0 Å². The van der Waals surface area contributed by atoms with E-state index in [9.17, 15) is 4.79 Å². The minimum Gasteiger partial charge on any atom is -0.377 e. The maximum atomic E-state index is 12.2. The lowest BCUT2D eigenvalue weighted by atomic mass is 10.1. The van der Waals surface area contributed by atoms with Crippen molar-refractivity contribution in [1.29, 1.82) is 0 Å². The lowest BCUT2D eigenvalue weighted by molar-refractivity contribution is -0.133. The lowest BCUT2D eigenvalue weighted by Crippen LogP contribution is -2.45. The van der Waals surface area contributed by atoms with E-state index in [2.05, 4.69) is 61.7 Å². The highest BCUT2D eigenvalue weighted by atomic mass is 127. The minimum atomic E-state index is 0. The number of amides is 1. The second-order valence-electron chi connectivity index (χ2n) is 7.79. The van der Waals surface area contributed by atoms with Gasteiger partial charge in [-0.2, -0.15) is 0 Å². The molecule has 0 spiro atoms. The molecule has 2 rings (SSSR count). The molecule has 0 radical (unpaired) electrons. The fraction of sp³-hybridized carbons (Fsp3) is 0.619. The predicted molar refractivity (Wildman–Crippen MR) is 129 cm³/mol. The molecular weight excluding hydrogens is 465 g/mol. The third kappa shape index (κ3) is 6.83. The van der Waals surface area contributed by atoms with Crippen molar-refractivity contribution < 1.29 is 4.79 Å². The van der Waals surface area contributed by atoms with Gasteiger partial charge < -0.3 is 20.4 Å². The Kier molecular flexibility index (Phi) is 10.1. The molecule has 1 saturated heterocycles. The number of benzene rings is 1. The van der Waals surface area contributed by atoms with Crippen LogP contribution in [0.3, 0.4) is 0 Å². The highest BCUT2D eigenvalue weighted by molar-refractivity contribution is 14.0. The summed E-state index contributed by atoms with van der Waals surface area (Å²) in [5.41, 5.74) is 3.65. The Balaban J connectivity index is 0.00000392. The van der Waals surface area contributed by atoms with Crippen molar-refractivity contribution in [3.8, 4) is 0 Å². The van der Waals surface area contributed by atoms with E-state index in [-0.39, 0.29) is 41.8 Å². The Morgan fingerprint density at radius 2 is 2.07 bits per heavy atom. The fourth-order valence-corrected chi connectivity index (χ4v) is 3.34. The Morgan fingerprint density at radius 3 is 2.68 bits per heavy atom. The minimum absolute atomic E-state index is 0. The summed E-state index contributed by atoms with van der Waals surface area (Å²) in [6.07, 6.45) is 0.955. The molecule has 1 amide bonds. The van der Waals surface area contributed by atoms with Crippen LogP contribution in [0.2, 0.25) is 0 Å². The van der Waals surface area contributed by atoms with E-state index >= 15 is 0 Å². The van der Waals surface area contributed by atoms with Crippen LogP contribution in [-0.2, 0) is 11.3 Å². The number of likely N-dealkylation sites (tertiary alicyclic amines) is 1. The number of nitrogens with one attached hydrogen (secondary N) is 2. The molecule has 1 heterocycles. The Hall–Kier alpha value is -1.51. The zero-order valence-corrected chi connectivity index (χ0v) is 20.4. The normalized spacial score (nSPS) is 16.8. The van der Waals surface area contributed by atoms with Crippen molar-refractivity contribution in [1.82, 2.24) is 15.5 Å². The number of aliphatic imine (C=N–C) groups is 1. The number of carbonyl (C=O) groups is 1. The molecule has 1 unspecified atom stereocenters. The number of nitrogens with zero attached hydrogens (tertiary/aromatic N) is 3. The van der Waals surface area contributed by atoms with Gasteiger partial charge in [0.25, 0.3) is 0 Å². The fourth-order valence-electron chi connectivity index (χ4n) is 3.34. The molecule has 0 bridgehead atoms. The summed E-state index contributed by atoms with van der Waals surface area (Å²) in [4.78, 5) is 21.1. The highest BCUT2D eigenvalue weighted by Gasteiger charge is 2.27. The van der Waals surface area contributed by atoms with Crippen molar-refractivity contribution in [2.75, 3.05) is 38.6 Å². The number of hydrogen-bond donors (Lipinski definition) is 2. The zero-order chi connectivity index (χ0) is 20.0. The molecule has 28 heavy (non-hydrogen) atoms.